The predicted octanol–water partition coefficient (Wildman–Crippen LogP) is 6.32. The minimum Gasteiger partial charge on any atom is -0.495 e. The van der Waals surface area contributed by atoms with Gasteiger partial charge in [0.2, 0.25) is 0 Å². The van der Waals surface area contributed by atoms with Crippen molar-refractivity contribution in [2.45, 2.75) is 9.72 Å². The fraction of sp³-hybridized carbons (Fsp3) is 0.200. The summed E-state index contributed by atoms with van der Waals surface area (Å²) in [6, 6.07) is 12.1. The molecule has 0 heterocycles. The first-order valence-electron chi connectivity index (χ1n) is 5.88. The molecular formula is C15H13Br2ClOS. The van der Waals surface area contributed by atoms with Crippen molar-refractivity contribution < 1.29 is 4.74 Å². The highest BCUT2D eigenvalue weighted by atomic mass is 79.9. The van der Waals surface area contributed by atoms with Gasteiger partial charge in [-0.2, -0.15) is 0 Å². The molecular weight excluding hydrogens is 423 g/mol. The van der Waals surface area contributed by atoms with E-state index in [1.165, 1.54) is 10.5 Å². The van der Waals surface area contributed by atoms with Crippen LogP contribution < -0.4 is 4.74 Å². The third-order valence-electron chi connectivity index (χ3n) is 2.93. The number of methoxy groups -OCH3 is 1. The van der Waals surface area contributed by atoms with Gasteiger partial charge < -0.3 is 4.74 Å². The second kappa shape index (κ2) is 7.21. The number of rotatable bonds is 4. The molecule has 0 aliphatic heterocycles. The van der Waals surface area contributed by atoms with Crippen LogP contribution in [0.15, 0.2) is 45.8 Å². The summed E-state index contributed by atoms with van der Waals surface area (Å²) in [7, 11) is 1.66. The van der Waals surface area contributed by atoms with Crippen molar-refractivity contribution in [2.75, 3.05) is 13.4 Å². The highest BCUT2D eigenvalue weighted by Gasteiger charge is 2.20. The Morgan fingerprint density at radius 3 is 2.55 bits per heavy atom. The van der Waals surface area contributed by atoms with Gasteiger partial charge in [0, 0.05) is 15.5 Å². The Hall–Kier alpha value is -0.160. The highest BCUT2D eigenvalue weighted by Crippen LogP contribution is 2.44. The van der Waals surface area contributed by atoms with E-state index in [2.05, 4.69) is 50.2 Å². The van der Waals surface area contributed by atoms with Crippen LogP contribution >= 0.6 is 55.2 Å². The molecule has 0 aromatic heterocycles. The van der Waals surface area contributed by atoms with Crippen LogP contribution in [0.4, 0.5) is 0 Å². The van der Waals surface area contributed by atoms with Crippen LogP contribution in [0.25, 0.3) is 0 Å². The molecule has 2 aromatic carbocycles. The Bertz CT molecular complexity index is 619. The molecule has 1 unspecified atom stereocenters. The summed E-state index contributed by atoms with van der Waals surface area (Å²) in [5.74, 6) is 0.798. The zero-order valence-corrected chi connectivity index (χ0v) is 15.7. The lowest BCUT2D eigenvalue weighted by Crippen LogP contribution is -1.99. The quantitative estimate of drug-likeness (QED) is 0.410. The molecule has 20 heavy (non-hydrogen) atoms. The molecule has 2 aromatic rings. The molecule has 0 aliphatic rings. The van der Waals surface area contributed by atoms with E-state index in [0.29, 0.717) is 5.02 Å². The molecule has 0 fully saturated rings. The lowest BCUT2D eigenvalue weighted by molar-refractivity contribution is 0.407. The van der Waals surface area contributed by atoms with E-state index in [4.69, 9.17) is 16.3 Å². The molecule has 0 bridgehead atoms. The van der Waals surface area contributed by atoms with Crippen molar-refractivity contribution in [1.29, 1.82) is 0 Å². The number of alkyl halides is 1. The molecule has 0 N–H and O–H groups in total. The number of benzene rings is 2. The fourth-order valence-corrected chi connectivity index (χ4v) is 4.55. The summed E-state index contributed by atoms with van der Waals surface area (Å²) in [6.45, 7) is 0. The van der Waals surface area contributed by atoms with Crippen LogP contribution in [0.3, 0.4) is 0 Å². The minimum atomic E-state index is 0.0242. The number of halogens is 3. The summed E-state index contributed by atoms with van der Waals surface area (Å²) in [6.07, 6.45) is 2.07. The third kappa shape index (κ3) is 3.35. The standard InChI is InChI=1S/C15H13Br2ClOS/c1-19-15-11(7-9(18)8-12(15)16)14(17)10-5-3-4-6-13(10)20-2/h3-8,14H,1-2H3. The monoisotopic (exact) mass is 434 g/mol. The first kappa shape index (κ1) is 16.2. The van der Waals surface area contributed by atoms with Gasteiger partial charge in [-0.1, -0.05) is 45.7 Å². The minimum absolute atomic E-state index is 0.0242. The molecule has 0 spiro atoms. The normalized spacial score (nSPS) is 12.2. The SMILES string of the molecule is COc1c(Br)cc(Cl)cc1C(Br)c1ccccc1SC. The maximum atomic E-state index is 6.17. The summed E-state index contributed by atoms with van der Waals surface area (Å²) in [5, 5.41) is 0.679. The van der Waals surface area contributed by atoms with Gasteiger partial charge in [-0.25, -0.2) is 0 Å². The van der Waals surface area contributed by atoms with E-state index in [9.17, 15) is 0 Å². The van der Waals surface area contributed by atoms with E-state index in [-0.39, 0.29) is 4.83 Å². The van der Waals surface area contributed by atoms with Crippen LogP contribution in [-0.2, 0) is 0 Å². The molecule has 1 atom stereocenters. The largest absolute Gasteiger partial charge is 0.495 e. The molecule has 106 valence electrons. The summed E-state index contributed by atoms with van der Waals surface area (Å²) >= 11 is 15.2. The van der Waals surface area contributed by atoms with Gasteiger partial charge in [-0.3, -0.25) is 0 Å². The van der Waals surface area contributed by atoms with Gasteiger partial charge >= 0.3 is 0 Å². The Labute approximate surface area is 145 Å². The zero-order valence-electron chi connectivity index (χ0n) is 11.0. The van der Waals surface area contributed by atoms with E-state index < -0.39 is 0 Å². The number of thioether (sulfide) groups is 1. The second-order valence-electron chi connectivity index (χ2n) is 4.11. The van der Waals surface area contributed by atoms with Gasteiger partial charge in [-0.05, 0) is 45.9 Å². The molecule has 1 nitrogen and oxygen atoms in total. The molecule has 5 heteroatoms. The van der Waals surface area contributed by atoms with E-state index in [0.717, 1.165) is 15.8 Å². The lowest BCUT2D eigenvalue weighted by Gasteiger charge is -2.18. The highest BCUT2D eigenvalue weighted by molar-refractivity contribution is 9.10. The number of hydrogen-bond donors (Lipinski definition) is 0. The number of hydrogen-bond acceptors (Lipinski definition) is 2. The molecule has 0 radical (unpaired) electrons. The summed E-state index contributed by atoms with van der Waals surface area (Å²) in [5.41, 5.74) is 2.21. The van der Waals surface area contributed by atoms with Gasteiger partial charge in [0.15, 0.2) is 0 Å². The topological polar surface area (TPSA) is 9.23 Å². The Kier molecular flexibility index (Phi) is 5.84. The first-order chi connectivity index (χ1) is 9.58. The Balaban J connectivity index is 2.55. The molecule has 0 saturated carbocycles. The van der Waals surface area contributed by atoms with E-state index in [1.807, 2.05) is 24.3 Å². The van der Waals surface area contributed by atoms with Gasteiger partial charge in [-0.15, -0.1) is 11.8 Å². The predicted molar refractivity (Wildman–Crippen MR) is 94.7 cm³/mol. The van der Waals surface area contributed by atoms with Crippen molar-refractivity contribution >= 4 is 55.2 Å². The molecule has 2 rings (SSSR count). The van der Waals surface area contributed by atoms with Crippen molar-refractivity contribution in [1.82, 2.24) is 0 Å². The smallest absolute Gasteiger partial charge is 0.137 e. The fourth-order valence-electron chi connectivity index (χ4n) is 2.03. The maximum absolute atomic E-state index is 6.17. The summed E-state index contributed by atoms with van der Waals surface area (Å²) < 4.78 is 6.36. The van der Waals surface area contributed by atoms with Crippen LogP contribution in [0.1, 0.15) is 16.0 Å². The van der Waals surface area contributed by atoms with Crippen molar-refractivity contribution in [3.05, 3.63) is 57.0 Å². The van der Waals surface area contributed by atoms with Crippen LogP contribution in [0, 0.1) is 0 Å². The zero-order chi connectivity index (χ0) is 14.7. The van der Waals surface area contributed by atoms with Crippen molar-refractivity contribution in [2.24, 2.45) is 0 Å². The van der Waals surface area contributed by atoms with Crippen molar-refractivity contribution in [3.8, 4) is 5.75 Å². The lowest BCUT2D eigenvalue weighted by atomic mass is 10.0. The molecule has 0 aliphatic carbocycles. The van der Waals surface area contributed by atoms with Gasteiger partial charge in [0.25, 0.3) is 0 Å². The summed E-state index contributed by atoms with van der Waals surface area (Å²) in [4.78, 5) is 1.25. The average molecular weight is 437 g/mol. The van der Waals surface area contributed by atoms with Crippen LogP contribution in [-0.4, -0.2) is 13.4 Å². The van der Waals surface area contributed by atoms with Gasteiger partial charge in [0.1, 0.15) is 5.75 Å². The average Bonchev–Trinajstić information content (AvgIpc) is 2.45. The van der Waals surface area contributed by atoms with E-state index >= 15 is 0 Å². The molecule has 0 saturated heterocycles. The van der Waals surface area contributed by atoms with Gasteiger partial charge in [0.05, 0.1) is 16.4 Å². The Morgan fingerprint density at radius 2 is 1.90 bits per heavy atom. The van der Waals surface area contributed by atoms with Crippen molar-refractivity contribution in [3.63, 3.8) is 0 Å². The third-order valence-corrected chi connectivity index (χ3v) is 5.53. The maximum Gasteiger partial charge on any atom is 0.137 e. The van der Waals surface area contributed by atoms with Crippen LogP contribution in [0.5, 0.6) is 5.75 Å². The number of ether oxygens (including phenoxy) is 1. The Morgan fingerprint density at radius 1 is 1.20 bits per heavy atom. The first-order valence-corrected chi connectivity index (χ1v) is 9.19. The second-order valence-corrected chi connectivity index (χ2v) is 7.17. The van der Waals surface area contributed by atoms with Crippen LogP contribution in [0.2, 0.25) is 5.02 Å². The molecule has 0 amide bonds. The van der Waals surface area contributed by atoms with E-state index in [1.54, 1.807) is 18.9 Å².